The van der Waals surface area contributed by atoms with Crippen LogP contribution in [-0.2, 0) is 19.3 Å². The number of rotatable bonds is 5. The van der Waals surface area contributed by atoms with Crippen molar-refractivity contribution in [2.24, 2.45) is 11.1 Å². The number of fused-ring (bicyclic) bond motifs is 1. The van der Waals surface area contributed by atoms with Crippen molar-refractivity contribution in [3.63, 3.8) is 0 Å². The fourth-order valence-electron chi connectivity index (χ4n) is 4.25. The number of hydrogen-bond donors (Lipinski definition) is 1. The molecule has 1 aromatic carbocycles. The maximum atomic E-state index is 5.84. The van der Waals surface area contributed by atoms with Crippen LogP contribution in [0.15, 0.2) is 18.2 Å². The number of aryl methyl sites for hydroxylation is 3. The van der Waals surface area contributed by atoms with Gasteiger partial charge in [-0.15, -0.1) is 0 Å². The summed E-state index contributed by atoms with van der Waals surface area (Å²) >= 11 is 0. The molecule has 2 N–H and O–H groups in total. The van der Waals surface area contributed by atoms with Crippen LogP contribution in [0.25, 0.3) is 0 Å². The summed E-state index contributed by atoms with van der Waals surface area (Å²) in [6, 6.07) is 7.23. The SMILES string of the molecule is NCCC1(CCc2ccc3c(c2)CCC3)CCCC1. The molecule has 19 heavy (non-hydrogen) atoms. The molecule has 1 fully saturated rings. The first kappa shape index (κ1) is 13.2. The Kier molecular flexibility index (Phi) is 3.93. The standard InChI is InChI=1S/C18H27N/c19-13-12-18(9-1-2-10-18)11-8-15-6-7-16-4-3-5-17(16)14-15/h6-7,14H,1-5,8-13,19H2. The third kappa shape index (κ3) is 2.86. The molecular formula is C18H27N. The molecular weight excluding hydrogens is 230 g/mol. The predicted molar refractivity (Wildman–Crippen MR) is 81.4 cm³/mol. The first-order valence-corrected chi connectivity index (χ1v) is 8.12. The zero-order chi connectivity index (χ0) is 13.1. The van der Waals surface area contributed by atoms with E-state index in [0.717, 1.165) is 6.54 Å². The van der Waals surface area contributed by atoms with Crippen molar-refractivity contribution in [1.29, 1.82) is 0 Å². The summed E-state index contributed by atoms with van der Waals surface area (Å²) < 4.78 is 0. The molecule has 104 valence electrons. The second-order valence-corrected chi connectivity index (χ2v) is 6.70. The second kappa shape index (κ2) is 5.66. The third-order valence-electron chi connectivity index (χ3n) is 5.45. The fourth-order valence-corrected chi connectivity index (χ4v) is 4.25. The van der Waals surface area contributed by atoms with Gasteiger partial charge in [0.15, 0.2) is 0 Å². The van der Waals surface area contributed by atoms with Crippen molar-refractivity contribution in [3.8, 4) is 0 Å². The van der Waals surface area contributed by atoms with Gasteiger partial charge in [0.1, 0.15) is 0 Å². The Morgan fingerprint density at radius 1 is 0.947 bits per heavy atom. The summed E-state index contributed by atoms with van der Waals surface area (Å²) in [5.74, 6) is 0. The van der Waals surface area contributed by atoms with E-state index in [0.29, 0.717) is 5.41 Å². The molecule has 0 heterocycles. The van der Waals surface area contributed by atoms with Gasteiger partial charge >= 0.3 is 0 Å². The molecule has 0 aromatic heterocycles. The lowest BCUT2D eigenvalue weighted by atomic mass is 9.77. The van der Waals surface area contributed by atoms with E-state index in [-0.39, 0.29) is 0 Å². The molecule has 0 saturated heterocycles. The monoisotopic (exact) mass is 257 g/mol. The first-order valence-electron chi connectivity index (χ1n) is 8.12. The quantitative estimate of drug-likeness (QED) is 0.847. The van der Waals surface area contributed by atoms with Gasteiger partial charge in [-0.3, -0.25) is 0 Å². The highest BCUT2D eigenvalue weighted by atomic mass is 14.5. The highest BCUT2D eigenvalue weighted by Crippen LogP contribution is 2.44. The van der Waals surface area contributed by atoms with Crippen molar-refractivity contribution in [1.82, 2.24) is 0 Å². The van der Waals surface area contributed by atoms with E-state index in [1.165, 1.54) is 64.2 Å². The molecule has 1 heteroatoms. The largest absolute Gasteiger partial charge is 0.330 e. The summed E-state index contributed by atoms with van der Waals surface area (Å²) in [6.45, 7) is 0.865. The summed E-state index contributed by atoms with van der Waals surface area (Å²) in [6.07, 6.45) is 13.5. The second-order valence-electron chi connectivity index (χ2n) is 6.70. The van der Waals surface area contributed by atoms with Crippen LogP contribution in [0.4, 0.5) is 0 Å². The normalized spacial score (nSPS) is 20.7. The van der Waals surface area contributed by atoms with E-state index in [4.69, 9.17) is 5.73 Å². The first-order chi connectivity index (χ1) is 9.31. The maximum Gasteiger partial charge on any atom is -0.00720 e. The average molecular weight is 257 g/mol. The van der Waals surface area contributed by atoms with E-state index >= 15 is 0 Å². The van der Waals surface area contributed by atoms with Gasteiger partial charge in [0.25, 0.3) is 0 Å². The van der Waals surface area contributed by atoms with E-state index in [9.17, 15) is 0 Å². The topological polar surface area (TPSA) is 26.0 Å². The number of benzene rings is 1. The van der Waals surface area contributed by atoms with Gasteiger partial charge in [0.2, 0.25) is 0 Å². The van der Waals surface area contributed by atoms with Crippen LogP contribution in [0.3, 0.4) is 0 Å². The third-order valence-corrected chi connectivity index (χ3v) is 5.45. The van der Waals surface area contributed by atoms with E-state index in [1.54, 1.807) is 16.7 Å². The Bertz CT molecular complexity index is 429. The van der Waals surface area contributed by atoms with E-state index < -0.39 is 0 Å². The minimum Gasteiger partial charge on any atom is -0.330 e. The molecule has 3 rings (SSSR count). The molecule has 0 atom stereocenters. The van der Waals surface area contributed by atoms with Crippen LogP contribution >= 0.6 is 0 Å². The molecule has 0 radical (unpaired) electrons. The molecule has 0 amide bonds. The van der Waals surface area contributed by atoms with Gasteiger partial charge in [-0.25, -0.2) is 0 Å². The number of hydrogen-bond acceptors (Lipinski definition) is 1. The Labute approximate surface area is 117 Å². The van der Waals surface area contributed by atoms with Crippen LogP contribution < -0.4 is 5.73 Å². The highest BCUT2D eigenvalue weighted by molar-refractivity contribution is 5.35. The fraction of sp³-hybridized carbons (Fsp3) is 0.667. The molecule has 0 aliphatic heterocycles. The van der Waals surface area contributed by atoms with Crippen molar-refractivity contribution in [2.75, 3.05) is 6.54 Å². The average Bonchev–Trinajstić information content (AvgIpc) is 3.05. The van der Waals surface area contributed by atoms with Crippen LogP contribution in [0.2, 0.25) is 0 Å². The Balaban J connectivity index is 1.65. The van der Waals surface area contributed by atoms with Crippen molar-refractivity contribution < 1.29 is 0 Å². The van der Waals surface area contributed by atoms with Gasteiger partial charge in [-0.1, -0.05) is 31.0 Å². The van der Waals surface area contributed by atoms with Gasteiger partial charge in [-0.05, 0) is 80.0 Å². The molecule has 1 saturated carbocycles. The molecule has 0 spiro atoms. The molecule has 2 aliphatic rings. The zero-order valence-corrected chi connectivity index (χ0v) is 12.1. The zero-order valence-electron chi connectivity index (χ0n) is 12.1. The summed E-state index contributed by atoms with van der Waals surface area (Å²) in [5, 5.41) is 0. The van der Waals surface area contributed by atoms with Crippen molar-refractivity contribution in [2.45, 2.75) is 64.2 Å². The molecule has 1 nitrogen and oxygen atoms in total. The molecule has 1 aromatic rings. The lowest BCUT2D eigenvalue weighted by Gasteiger charge is -2.28. The van der Waals surface area contributed by atoms with Crippen molar-refractivity contribution in [3.05, 3.63) is 34.9 Å². The Morgan fingerprint density at radius 3 is 2.53 bits per heavy atom. The maximum absolute atomic E-state index is 5.84. The minimum atomic E-state index is 0.577. The smallest absolute Gasteiger partial charge is 0.00720 e. The van der Waals surface area contributed by atoms with E-state index in [2.05, 4.69) is 18.2 Å². The summed E-state index contributed by atoms with van der Waals surface area (Å²) in [7, 11) is 0. The molecule has 0 unspecified atom stereocenters. The van der Waals surface area contributed by atoms with Crippen LogP contribution in [0.1, 0.15) is 61.6 Å². The van der Waals surface area contributed by atoms with Crippen LogP contribution in [0, 0.1) is 5.41 Å². The lowest BCUT2D eigenvalue weighted by Crippen LogP contribution is -2.21. The van der Waals surface area contributed by atoms with Gasteiger partial charge < -0.3 is 5.73 Å². The molecule has 2 aliphatic carbocycles. The number of nitrogens with two attached hydrogens (primary N) is 1. The summed E-state index contributed by atoms with van der Waals surface area (Å²) in [5.41, 5.74) is 11.2. The van der Waals surface area contributed by atoms with Gasteiger partial charge in [-0.2, -0.15) is 0 Å². The van der Waals surface area contributed by atoms with Gasteiger partial charge in [0, 0.05) is 0 Å². The van der Waals surface area contributed by atoms with Gasteiger partial charge in [0.05, 0.1) is 0 Å². The van der Waals surface area contributed by atoms with Crippen LogP contribution in [0.5, 0.6) is 0 Å². The Hall–Kier alpha value is -0.820. The van der Waals surface area contributed by atoms with E-state index in [1.807, 2.05) is 0 Å². The van der Waals surface area contributed by atoms with Crippen LogP contribution in [-0.4, -0.2) is 6.54 Å². The predicted octanol–water partition coefficient (Wildman–Crippen LogP) is 4.02. The highest BCUT2D eigenvalue weighted by Gasteiger charge is 2.32. The lowest BCUT2D eigenvalue weighted by molar-refractivity contribution is 0.253. The molecule has 0 bridgehead atoms. The van der Waals surface area contributed by atoms with Crippen molar-refractivity contribution >= 4 is 0 Å². The summed E-state index contributed by atoms with van der Waals surface area (Å²) in [4.78, 5) is 0. The Morgan fingerprint density at radius 2 is 1.74 bits per heavy atom. The minimum absolute atomic E-state index is 0.577.